The van der Waals surface area contributed by atoms with Crippen molar-refractivity contribution < 1.29 is 14.7 Å². The maximum absolute atomic E-state index is 11.6. The SMILES string of the molecule is CC(C)CN1CC(C(=O)O)CNCC1=O. The molecule has 1 aliphatic heterocycles. The highest BCUT2D eigenvalue weighted by Gasteiger charge is 2.27. The largest absolute Gasteiger partial charge is 0.481 e. The van der Waals surface area contributed by atoms with E-state index in [4.69, 9.17) is 5.11 Å². The third-order valence-electron chi connectivity index (χ3n) is 2.40. The Morgan fingerprint density at radius 1 is 1.67 bits per heavy atom. The minimum Gasteiger partial charge on any atom is -0.481 e. The van der Waals surface area contributed by atoms with Crippen LogP contribution in [0.15, 0.2) is 0 Å². The Morgan fingerprint density at radius 3 is 2.87 bits per heavy atom. The molecule has 1 saturated heterocycles. The van der Waals surface area contributed by atoms with Crippen molar-refractivity contribution in [2.75, 3.05) is 26.2 Å². The third-order valence-corrected chi connectivity index (χ3v) is 2.40. The van der Waals surface area contributed by atoms with Crippen LogP contribution >= 0.6 is 0 Å². The summed E-state index contributed by atoms with van der Waals surface area (Å²) in [6.45, 7) is 5.60. The molecule has 1 fully saturated rings. The van der Waals surface area contributed by atoms with Gasteiger partial charge in [-0.05, 0) is 5.92 Å². The lowest BCUT2D eigenvalue weighted by atomic mass is 10.1. The van der Waals surface area contributed by atoms with Crippen molar-refractivity contribution in [1.29, 1.82) is 0 Å². The van der Waals surface area contributed by atoms with Gasteiger partial charge in [0.1, 0.15) is 0 Å². The average molecular weight is 214 g/mol. The van der Waals surface area contributed by atoms with Gasteiger partial charge in [-0.15, -0.1) is 0 Å². The van der Waals surface area contributed by atoms with Crippen molar-refractivity contribution in [3.05, 3.63) is 0 Å². The van der Waals surface area contributed by atoms with Crippen LogP contribution in [0.3, 0.4) is 0 Å². The number of carboxylic acid groups (broad SMARTS) is 1. The molecule has 0 aromatic heterocycles. The summed E-state index contributed by atoms with van der Waals surface area (Å²) in [5, 5.41) is 11.8. The van der Waals surface area contributed by atoms with Gasteiger partial charge in [0.05, 0.1) is 12.5 Å². The van der Waals surface area contributed by atoms with Gasteiger partial charge in [0.2, 0.25) is 5.91 Å². The smallest absolute Gasteiger partial charge is 0.309 e. The van der Waals surface area contributed by atoms with Gasteiger partial charge in [0.15, 0.2) is 0 Å². The molecule has 5 heteroatoms. The molecule has 1 rings (SSSR count). The fraction of sp³-hybridized carbons (Fsp3) is 0.800. The molecule has 1 heterocycles. The summed E-state index contributed by atoms with van der Waals surface area (Å²) in [7, 11) is 0. The van der Waals surface area contributed by atoms with Gasteiger partial charge in [-0.25, -0.2) is 0 Å². The van der Waals surface area contributed by atoms with E-state index in [1.807, 2.05) is 13.8 Å². The van der Waals surface area contributed by atoms with Crippen LogP contribution in [0.1, 0.15) is 13.8 Å². The monoisotopic (exact) mass is 214 g/mol. The number of amides is 1. The highest BCUT2D eigenvalue weighted by Crippen LogP contribution is 2.07. The highest BCUT2D eigenvalue weighted by atomic mass is 16.4. The van der Waals surface area contributed by atoms with E-state index in [2.05, 4.69) is 5.32 Å². The lowest BCUT2D eigenvalue weighted by molar-refractivity contribution is -0.142. The fourth-order valence-electron chi connectivity index (χ4n) is 1.68. The zero-order chi connectivity index (χ0) is 11.4. The van der Waals surface area contributed by atoms with Crippen molar-refractivity contribution in [3.8, 4) is 0 Å². The Kier molecular flexibility index (Phi) is 4.08. The van der Waals surface area contributed by atoms with E-state index >= 15 is 0 Å². The van der Waals surface area contributed by atoms with Crippen molar-refractivity contribution in [1.82, 2.24) is 10.2 Å². The third kappa shape index (κ3) is 3.51. The van der Waals surface area contributed by atoms with Crippen LogP contribution in [0.4, 0.5) is 0 Å². The molecule has 0 saturated carbocycles. The number of rotatable bonds is 3. The molecular weight excluding hydrogens is 196 g/mol. The van der Waals surface area contributed by atoms with Crippen LogP contribution in [0.25, 0.3) is 0 Å². The molecular formula is C10H18N2O3. The Hall–Kier alpha value is -1.10. The molecule has 1 unspecified atom stereocenters. The molecule has 1 atom stereocenters. The predicted octanol–water partition coefficient (Wildman–Crippen LogP) is -0.225. The zero-order valence-electron chi connectivity index (χ0n) is 9.19. The summed E-state index contributed by atoms with van der Waals surface area (Å²) in [6, 6.07) is 0. The summed E-state index contributed by atoms with van der Waals surface area (Å²) >= 11 is 0. The van der Waals surface area contributed by atoms with Gasteiger partial charge in [0, 0.05) is 19.6 Å². The molecule has 1 amide bonds. The quantitative estimate of drug-likeness (QED) is 0.681. The van der Waals surface area contributed by atoms with E-state index in [0.717, 1.165) is 0 Å². The molecule has 0 aliphatic carbocycles. The maximum atomic E-state index is 11.6. The van der Waals surface area contributed by atoms with Gasteiger partial charge < -0.3 is 15.3 Å². The van der Waals surface area contributed by atoms with Crippen LogP contribution in [-0.2, 0) is 9.59 Å². The number of carboxylic acids is 1. The Bertz CT molecular complexity index is 253. The lowest BCUT2D eigenvalue weighted by Gasteiger charge is -2.24. The van der Waals surface area contributed by atoms with Gasteiger partial charge in [-0.3, -0.25) is 9.59 Å². The summed E-state index contributed by atoms with van der Waals surface area (Å²) in [5.74, 6) is -0.977. The number of nitrogens with zero attached hydrogens (tertiary/aromatic N) is 1. The number of carbonyl (C=O) groups is 2. The first kappa shape index (κ1) is 12.0. The van der Waals surface area contributed by atoms with E-state index in [0.29, 0.717) is 25.6 Å². The van der Waals surface area contributed by atoms with Crippen LogP contribution in [0.2, 0.25) is 0 Å². The number of aliphatic carboxylic acids is 1. The predicted molar refractivity (Wildman–Crippen MR) is 55.4 cm³/mol. The van der Waals surface area contributed by atoms with Crippen molar-refractivity contribution >= 4 is 11.9 Å². The highest BCUT2D eigenvalue weighted by molar-refractivity contribution is 5.80. The molecule has 5 nitrogen and oxygen atoms in total. The van der Waals surface area contributed by atoms with Crippen molar-refractivity contribution in [2.24, 2.45) is 11.8 Å². The molecule has 1 aliphatic rings. The normalized spacial score (nSPS) is 23.0. The number of nitrogens with one attached hydrogen (secondary N) is 1. The topological polar surface area (TPSA) is 69.6 Å². The number of carbonyl (C=O) groups excluding carboxylic acids is 1. The first-order valence-corrected chi connectivity index (χ1v) is 5.22. The lowest BCUT2D eigenvalue weighted by Crippen LogP contribution is -2.39. The summed E-state index contributed by atoms with van der Waals surface area (Å²) in [5.41, 5.74) is 0. The first-order chi connectivity index (χ1) is 7.00. The van der Waals surface area contributed by atoms with Gasteiger partial charge in [-0.2, -0.15) is 0 Å². The molecule has 86 valence electrons. The summed E-state index contributed by atoms with van der Waals surface area (Å²) in [4.78, 5) is 24.1. The maximum Gasteiger partial charge on any atom is 0.309 e. The minimum atomic E-state index is -0.842. The van der Waals surface area contributed by atoms with E-state index in [1.54, 1.807) is 4.90 Å². The molecule has 2 N–H and O–H groups in total. The molecule has 0 aromatic carbocycles. The number of hydrogen-bond donors (Lipinski definition) is 2. The summed E-state index contributed by atoms with van der Waals surface area (Å²) < 4.78 is 0. The van der Waals surface area contributed by atoms with Crippen LogP contribution < -0.4 is 5.32 Å². The van der Waals surface area contributed by atoms with Crippen LogP contribution in [0, 0.1) is 11.8 Å². The van der Waals surface area contributed by atoms with E-state index < -0.39 is 11.9 Å². The fourth-order valence-corrected chi connectivity index (χ4v) is 1.68. The first-order valence-electron chi connectivity index (χ1n) is 5.22. The Labute approximate surface area is 89.4 Å². The Balaban J connectivity index is 2.64. The zero-order valence-corrected chi connectivity index (χ0v) is 9.19. The van der Waals surface area contributed by atoms with E-state index in [1.165, 1.54) is 0 Å². The standard InChI is InChI=1S/C10H18N2O3/c1-7(2)5-12-6-8(10(14)15)3-11-4-9(12)13/h7-8,11H,3-6H2,1-2H3,(H,14,15). The van der Waals surface area contributed by atoms with Gasteiger partial charge in [-0.1, -0.05) is 13.8 Å². The second-order valence-electron chi connectivity index (χ2n) is 4.36. The molecule has 0 bridgehead atoms. The summed E-state index contributed by atoms with van der Waals surface area (Å²) in [6.07, 6.45) is 0. The van der Waals surface area contributed by atoms with Crippen LogP contribution in [-0.4, -0.2) is 48.1 Å². The molecule has 15 heavy (non-hydrogen) atoms. The van der Waals surface area contributed by atoms with E-state index in [-0.39, 0.29) is 12.5 Å². The average Bonchev–Trinajstić information content (AvgIpc) is 2.28. The van der Waals surface area contributed by atoms with Gasteiger partial charge in [0.25, 0.3) is 0 Å². The van der Waals surface area contributed by atoms with Crippen molar-refractivity contribution in [2.45, 2.75) is 13.8 Å². The minimum absolute atomic E-state index is 0.00699. The molecule has 0 radical (unpaired) electrons. The Morgan fingerprint density at radius 2 is 2.33 bits per heavy atom. The number of hydrogen-bond acceptors (Lipinski definition) is 3. The van der Waals surface area contributed by atoms with Gasteiger partial charge >= 0.3 is 5.97 Å². The van der Waals surface area contributed by atoms with Crippen LogP contribution in [0.5, 0.6) is 0 Å². The molecule has 0 aromatic rings. The molecule has 0 spiro atoms. The van der Waals surface area contributed by atoms with Crippen molar-refractivity contribution in [3.63, 3.8) is 0 Å². The second-order valence-corrected chi connectivity index (χ2v) is 4.36. The van der Waals surface area contributed by atoms with E-state index in [9.17, 15) is 9.59 Å². The second kappa shape index (κ2) is 5.11.